The van der Waals surface area contributed by atoms with Gasteiger partial charge in [-0.25, -0.2) is 0 Å². The van der Waals surface area contributed by atoms with E-state index >= 15 is 0 Å². The van der Waals surface area contributed by atoms with Gasteiger partial charge in [0.15, 0.2) is 0 Å². The highest BCUT2D eigenvalue weighted by Gasteiger charge is 2.46. The number of Topliss-reactive ketones (excluding diaryl/α,β-unsaturated/α-hetero) is 1. The van der Waals surface area contributed by atoms with Gasteiger partial charge in [0, 0.05) is 18.5 Å². The average Bonchev–Trinajstić information content (AvgIpc) is 3.50. The zero-order chi connectivity index (χ0) is 28.3. The third kappa shape index (κ3) is 5.46. The molecule has 1 fully saturated rings. The van der Waals surface area contributed by atoms with Gasteiger partial charge in [0.1, 0.15) is 30.0 Å². The van der Waals surface area contributed by atoms with Crippen LogP contribution in [0.4, 0.5) is 0 Å². The molecule has 0 radical (unpaired) electrons. The van der Waals surface area contributed by atoms with Gasteiger partial charge in [0.2, 0.25) is 0 Å². The fraction of sp³-hybridized carbons (Fsp3) is 0.200. The largest absolute Gasteiger partial charge is 0.507 e. The summed E-state index contributed by atoms with van der Waals surface area (Å²) in [5.74, 6) is -0.114. The number of aliphatic hydroxyl groups excluding tert-OH is 1. The minimum absolute atomic E-state index is 0.0459. The van der Waals surface area contributed by atoms with E-state index in [1.165, 1.54) is 0 Å². The molecule has 4 aromatic carbocycles. The molecule has 1 saturated heterocycles. The number of rotatable bonds is 8. The SMILES string of the molecule is CC1Cc2cc(C(O)=C3C(=O)C(=O)N(CCc4ccccc4)C3c3cccc(OCc4ccccc4)c3)ccc2O1. The predicted octanol–water partition coefficient (Wildman–Crippen LogP) is 6.25. The van der Waals surface area contributed by atoms with Crippen LogP contribution in [0.1, 0.15) is 40.8 Å². The lowest BCUT2D eigenvalue weighted by Gasteiger charge is -2.26. The summed E-state index contributed by atoms with van der Waals surface area (Å²) in [4.78, 5) is 28.6. The molecule has 206 valence electrons. The monoisotopic (exact) mass is 545 g/mol. The minimum atomic E-state index is -0.762. The van der Waals surface area contributed by atoms with Crippen LogP contribution in [-0.2, 0) is 29.0 Å². The second-order valence-corrected chi connectivity index (χ2v) is 10.5. The predicted molar refractivity (Wildman–Crippen MR) is 157 cm³/mol. The molecule has 0 aromatic heterocycles. The average molecular weight is 546 g/mol. The van der Waals surface area contributed by atoms with Gasteiger partial charge in [-0.1, -0.05) is 72.8 Å². The number of hydrogen-bond acceptors (Lipinski definition) is 5. The highest BCUT2D eigenvalue weighted by atomic mass is 16.5. The van der Waals surface area contributed by atoms with E-state index in [-0.39, 0.29) is 17.4 Å². The third-order valence-corrected chi connectivity index (χ3v) is 7.62. The first-order valence-electron chi connectivity index (χ1n) is 13.9. The Balaban J connectivity index is 1.38. The molecule has 2 aliphatic rings. The van der Waals surface area contributed by atoms with Gasteiger partial charge in [0.25, 0.3) is 11.7 Å². The molecule has 2 aliphatic heterocycles. The van der Waals surface area contributed by atoms with Crippen LogP contribution in [0.15, 0.2) is 109 Å². The maximum Gasteiger partial charge on any atom is 0.295 e. The number of amides is 1. The molecule has 6 rings (SSSR count). The summed E-state index contributed by atoms with van der Waals surface area (Å²) in [7, 11) is 0. The topological polar surface area (TPSA) is 76.1 Å². The zero-order valence-electron chi connectivity index (χ0n) is 22.8. The number of aliphatic hydroxyl groups is 1. The Morgan fingerprint density at radius 2 is 1.63 bits per heavy atom. The number of ether oxygens (including phenoxy) is 2. The number of carbonyl (C=O) groups is 2. The summed E-state index contributed by atoms with van der Waals surface area (Å²) in [5.41, 5.74) is 4.32. The van der Waals surface area contributed by atoms with Gasteiger partial charge in [-0.15, -0.1) is 0 Å². The van der Waals surface area contributed by atoms with Crippen molar-refractivity contribution in [2.24, 2.45) is 0 Å². The van der Waals surface area contributed by atoms with Gasteiger partial charge in [-0.05, 0) is 65.9 Å². The van der Waals surface area contributed by atoms with Gasteiger partial charge < -0.3 is 19.5 Å². The summed E-state index contributed by atoms with van der Waals surface area (Å²) in [6.07, 6.45) is 1.33. The Bertz CT molecular complexity index is 1610. The quantitative estimate of drug-likeness (QED) is 0.161. The van der Waals surface area contributed by atoms with E-state index in [0.717, 1.165) is 22.4 Å². The van der Waals surface area contributed by atoms with E-state index in [2.05, 4.69) is 0 Å². The number of benzene rings is 4. The van der Waals surface area contributed by atoms with E-state index in [4.69, 9.17) is 9.47 Å². The molecule has 0 bridgehead atoms. The summed E-state index contributed by atoms with van der Waals surface area (Å²) in [5, 5.41) is 11.6. The van der Waals surface area contributed by atoms with Crippen molar-refractivity contribution in [2.45, 2.75) is 38.5 Å². The molecular formula is C35H31NO5. The Kier molecular flexibility index (Phi) is 7.30. The van der Waals surface area contributed by atoms with Crippen molar-refractivity contribution in [2.75, 3.05) is 6.54 Å². The summed E-state index contributed by atoms with van der Waals surface area (Å²) in [6.45, 7) is 2.69. The van der Waals surface area contributed by atoms with E-state index in [1.54, 1.807) is 11.0 Å². The third-order valence-electron chi connectivity index (χ3n) is 7.62. The van der Waals surface area contributed by atoms with Crippen molar-refractivity contribution in [3.05, 3.63) is 137 Å². The van der Waals surface area contributed by atoms with Crippen molar-refractivity contribution in [1.29, 1.82) is 0 Å². The number of likely N-dealkylation sites (tertiary alicyclic amines) is 1. The van der Waals surface area contributed by atoms with Crippen molar-refractivity contribution >= 4 is 17.4 Å². The first kappa shape index (κ1) is 26.4. The van der Waals surface area contributed by atoms with Crippen LogP contribution in [0.25, 0.3) is 5.76 Å². The first-order valence-corrected chi connectivity index (χ1v) is 13.9. The summed E-state index contributed by atoms with van der Waals surface area (Å²) in [6, 6.07) is 31.7. The molecule has 1 amide bonds. The first-order chi connectivity index (χ1) is 20.0. The molecule has 2 unspecified atom stereocenters. The molecule has 0 saturated carbocycles. The fourth-order valence-electron chi connectivity index (χ4n) is 5.59. The van der Waals surface area contributed by atoms with Gasteiger partial charge in [-0.2, -0.15) is 0 Å². The summed E-state index contributed by atoms with van der Waals surface area (Å²) >= 11 is 0. The maximum atomic E-state index is 13.5. The van der Waals surface area contributed by atoms with Crippen LogP contribution >= 0.6 is 0 Å². The van der Waals surface area contributed by atoms with Crippen molar-refractivity contribution in [3.63, 3.8) is 0 Å². The van der Waals surface area contributed by atoms with Crippen molar-refractivity contribution in [3.8, 4) is 11.5 Å². The number of carbonyl (C=O) groups excluding carboxylic acids is 2. The van der Waals surface area contributed by atoms with Crippen molar-refractivity contribution < 1.29 is 24.2 Å². The van der Waals surface area contributed by atoms with Crippen LogP contribution in [0, 0.1) is 0 Å². The van der Waals surface area contributed by atoms with Crippen molar-refractivity contribution in [1.82, 2.24) is 4.90 Å². The van der Waals surface area contributed by atoms with E-state index in [0.29, 0.717) is 42.9 Å². The molecule has 41 heavy (non-hydrogen) atoms. The molecule has 0 aliphatic carbocycles. The van der Waals surface area contributed by atoms with Crippen LogP contribution < -0.4 is 9.47 Å². The molecule has 2 heterocycles. The highest BCUT2D eigenvalue weighted by Crippen LogP contribution is 2.41. The molecule has 4 aromatic rings. The molecule has 1 N–H and O–H groups in total. The number of ketones is 1. The van der Waals surface area contributed by atoms with Gasteiger partial charge >= 0.3 is 0 Å². The number of hydrogen-bond donors (Lipinski definition) is 1. The number of fused-ring (bicyclic) bond motifs is 1. The van der Waals surface area contributed by atoms with Gasteiger partial charge in [-0.3, -0.25) is 9.59 Å². The number of nitrogens with zero attached hydrogens (tertiary/aromatic N) is 1. The Morgan fingerprint density at radius 3 is 2.39 bits per heavy atom. The Morgan fingerprint density at radius 1 is 0.902 bits per heavy atom. The van der Waals surface area contributed by atoms with E-state index < -0.39 is 17.7 Å². The molecule has 2 atom stereocenters. The molecule has 6 heteroatoms. The Labute approximate surface area is 239 Å². The van der Waals surface area contributed by atoms with Gasteiger partial charge in [0.05, 0.1) is 11.6 Å². The smallest absolute Gasteiger partial charge is 0.295 e. The second kappa shape index (κ2) is 11.3. The van der Waals surface area contributed by atoms with E-state index in [9.17, 15) is 14.7 Å². The maximum absolute atomic E-state index is 13.5. The molecule has 0 spiro atoms. The lowest BCUT2D eigenvalue weighted by atomic mass is 9.94. The zero-order valence-corrected chi connectivity index (χ0v) is 22.8. The fourth-order valence-corrected chi connectivity index (χ4v) is 5.59. The molecule has 6 nitrogen and oxygen atoms in total. The van der Waals surface area contributed by atoms with Crippen LogP contribution in [0.2, 0.25) is 0 Å². The van der Waals surface area contributed by atoms with Crippen LogP contribution in [-0.4, -0.2) is 34.3 Å². The molecular weight excluding hydrogens is 514 g/mol. The second-order valence-electron chi connectivity index (χ2n) is 10.5. The summed E-state index contributed by atoms with van der Waals surface area (Å²) < 4.78 is 11.9. The Hall–Kier alpha value is -4.84. The van der Waals surface area contributed by atoms with E-state index in [1.807, 2.05) is 104 Å². The highest BCUT2D eigenvalue weighted by molar-refractivity contribution is 6.46. The lowest BCUT2D eigenvalue weighted by molar-refractivity contribution is -0.139. The lowest BCUT2D eigenvalue weighted by Crippen LogP contribution is -2.31. The van der Waals surface area contributed by atoms with Crippen LogP contribution in [0.3, 0.4) is 0 Å². The normalized spacial score (nSPS) is 19.2. The standard InChI is InChI=1S/C35H31NO5/c1-23-19-28-20-27(15-16-30(28)41-23)33(37)31-32(36(35(39)34(31)38)18-17-24-9-4-2-5-10-24)26-13-8-14-29(21-26)40-22-25-11-6-3-7-12-25/h2-16,20-21,23,32,37H,17-19,22H2,1H3. The van der Waals surface area contributed by atoms with Crippen LogP contribution in [0.5, 0.6) is 11.5 Å². The minimum Gasteiger partial charge on any atom is -0.507 e.